The topological polar surface area (TPSA) is 74.3 Å². The lowest BCUT2D eigenvalue weighted by Gasteiger charge is -2.24. The average molecular weight is 403 g/mol. The summed E-state index contributed by atoms with van der Waals surface area (Å²) in [5.41, 5.74) is 2.22. The van der Waals surface area contributed by atoms with Crippen LogP contribution in [-0.4, -0.2) is 34.9 Å². The van der Waals surface area contributed by atoms with Gasteiger partial charge in [0.25, 0.3) is 5.91 Å². The van der Waals surface area contributed by atoms with E-state index in [-0.39, 0.29) is 11.9 Å². The zero-order chi connectivity index (χ0) is 20.7. The van der Waals surface area contributed by atoms with Gasteiger partial charge in [-0.1, -0.05) is 45.9 Å². The van der Waals surface area contributed by atoms with Crippen molar-refractivity contribution in [2.75, 3.05) is 18.4 Å². The third-order valence-corrected chi connectivity index (χ3v) is 4.87. The highest BCUT2D eigenvalue weighted by Crippen LogP contribution is 2.17. The first kappa shape index (κ1) is 21.9. The van der Waals surface area contributed by atoms with Crippen LogP contribution in [0.1, 0.15) is 48.8 Å². The van der Waals surface area contributed by atoms with Gasteiger partial charge in [-0.15, -0.1) is 11.3 Å². The van der Waals surface area contributed by atoms with Crippen LogP contribution in [0, 0.1) is 18.8 Å². The van der Waals surface area contributed by atoms with Gasteiger partial charge in [-0.25, -0.2) is 9.78 Å². The lowest BCUT2D eigenvalue weighted by atomic mass is 10.2. The molecule has 0 fully saturated rings. The number of hydrogen-bond acceptors (Lipinski definition) is 4. The molecule has 28 heavy (non-hydrogen) atoms. The van der Waals surface area contributed by atoms with E-state index >= 15 is 0 Å². The van der Waals surface area contributed by atoms with Gasteiger partial charge in [-0.3, -0.25) is 4.79 Å². The van der Waals surface area contributed by atoms with E-state index in [2.05, 4.69) is 29.5 Å². The first-order valence-corrected chi connectivity index (χ1v) is 10.5. The lowest BCUT2D eigenvalue weighted by molar-refractivity contribution is 0.0944. The van der Waals surface area contributed by atoms with Gasteiger partial charge >= 0.3 is 6.03 Å². The van der Waals surface area contributed by atoms with Crippen molar-refractivity contribution in [1.29, 1.82) is 0 Å². The van der Waals surface area contributed by atoms with Gasteiger partial charge in [0, 0.05) is 24.2 Å². The van der Waals surface area contributed by atoms with E-state index in [9.17, 15) is 9.59 Å². The van der Waals surface area contributed by atoms with E-state index in [0.717, 1.165) is 16.3 Å². The second-order valence-electron chi connectivity index (χ2n) is 7.75. The van der Waals surface area contributed by atoms with Gasteiger partial charge in [-0.05, 0) is 30.4 Å². The fourth-order valence-corrected chi connectivity index (χ4v) is 3.39. The van der Waals surface area contributed by atoms with E-state index in [4.69, 9.17) is 0 Å². The number of aryl methyl sites for hydroxylation is 1. The van der Waals surface area contributed by atoms with E-state index in [1.807, 2.05) is 45.0 Å². The van der Waals surface area contributed by atoms with Crippen LogP contribution in [0.25, 0.3) is 0 Å². The van der Waals surface area contributed by atoms with Crippen LogP contribution >= 0.6 is 11.3 Å². The SMILES string of the molecule is Cc1ccccc1NC(=O)N(Cc1nc(C(=O)NCC(C)C)cs1)CC(C)C. The summed E-state index contributed by atoms with van der Waals surface area (Å²) in [7, 11) is 0. The molecule has 0 unspecified atom stereocenters. The summed E-state index contributed by atoms with van der Waals surface area (Å²) >= 11 is 1.40. The number of aromatic nitrogens is 1. The van der Waals surface area contributed by atoms with Crippen LogP contribution < -0.4 is 10.6 Å². The molecule has 0 radical (unpaired) electrons. The van der Waals surface area contributed by atoms with Gasteiger partial charge in [0.2, 0.25) is 0 Å². The first-order chi connectivity index (χ1) is 13.3. The normalized spacial score (nSPS) is 11.0. The number of para-hydroxylation sites is 1. The summed E-state index contributed by atoms with van der Waals surface area (Å²) in [6, 6.07) is 7.53. The second-order valence-corrected chi connectivity index (χ2v) is 8.69. The van der Waals surface area contributed by atoms with Crippen LogP contribution in [0.4, 0.5) is 10.5 Å². The van der Waals surface area contributed by atoms with Gasteiger partial charge in [-0.2, -0.15) is 0 Å². The predicted octanol–water partition coefficient (Wildman–Crippen LogP) is 4.53. The largest absolute Gasteiger partial charge is 0.350 e. The molecule has 6 nitrogen and oxygen atoms in total. The number of nitrogens with zero attached hydrogens (tertiary/aromatic N) is 2. The van der Waals surface area contributed by atoms with E-state index in [1.165, 1.54) is 11.3 Å². The highest BCUT2D eigenvalue weighted by Gasteiger charge is 2.19. The number of amides is 3. The molecule has 1 aromatic heterocycles. The molecule has 0 saturated carbocycles. The number of urea groups is 1. The Morgan fingerprint density at radius 2 is 1.86 bits per heavy atom. The Balaban J connectivity index is 2.06. The minimum Gasteiger partial charge on any atom is -0.350 e. The van der Waals surface area contributed by atoms with Crippen molar-refractivity contribution in [3.8, 4) is 0 Å². The number of nitrogens with one attached hydrogen (secondary N) is 2. The van der Waals surface area contributed by atoms with Crippen LogP contribution in [0.3, 0.4) is 0 Å². The van der Waals surface area contributed by atoms with Crippen molar-refractivity contribution < 1.29 is 9.59 Å². The van der Waals surface area contributed by atoms with Crippen molar-refractivity contribution in [2.24, 2.45) is 11.8 Å². The second kappa shape index (κ2) is 10.2. The maximum absolute atomic E-state index is 12.8. The molecule has 1 aromatic carbocycles. The molecule has 0 saturated heterocycles. The van der Waals surface area contributed by atoms with Crippen molar-refractivity contribution in [1.82, 2.24) is 15.2 Å². The Hall–Kier alpha value is -2.41. The maximum Gasteiger partial charge on any atom is 0.322 e. The Bertz CT molecular complexity index is 801. The standard InChI is InChI=1S/C21H30N4O2S/c1-14(2)10-22-20(26)18-13-28-19(23-18)12-25(11-15(3)4)21(27)24-17-9-7-6-8-16(17)5/h6-9,13-15H,10-12H2,1-5H3,(H,22,26)(H,24,27). The molecular weight excluding hydrogens is 372 g/mol. The molecule has 7 heteroatoms. The number of anilines is 1. The number of carbonyl (C=O) groups excluding carboxylic acids is 2. The quantitative estimate of drug-likeness (QED) is 0.681. The predicted molar refractivity (Wildman–Crippen MR) is 115 cm³/mol. The van der Waals surface area contributed by atoms with Crippen molar-refractivity contribution in [3.05, 3.63) is 45.9 Å². The zero-order valence-electron chi connectivity index (χ0n) is 17.3. The van der Waals surface area contributed by atoms with Crippen LogP contribution in [-0.2, 0) is 6.54 Å². The fraction of sp³-hybridized carbons (Fsp3) is 0.476. The Morgan fingerprint density at radius 3 is 2.50 bits per heavy atom. The van der Waals surface area contributed by atoms with Crippen LogP contribution in [0.5, 0.6) is 0 Å². The monoisotopic (exact) mass is 402 g/mol. The fourth-order valence-electron chi connectivity index (χ4n) is 2.61. The molecule has 152 valence electrons. The third-order valence-electron chi connectivity index (χ3n) is 4.04. The van der Waals surface area contributed by atoms with Gasteiger partial charge in [0.1, 0.15) is 10.7 Å². The highest BCUT2D eigenvalue weighted by atomic mass is 32.1. The maximum atomic E-state index is 12.8. The van der Waals surface area contributed by atoms with Crippen molar-refractivity contribution in [2.45, 2.75) is 41.2 Å². The summed E-state index contributed by atoms with van der Waals surface area (Å²) in [5.74, 6) is 0.529. The van der Waals surface area contributed by atoms with Crippen molar-refractivity contribution >= 4 is 29.0 Å². The molecule has 3 amide bonds. The molecular formula is C21H30N4O2S. The molecule has 0 spiro atoms. The minimum absolute atomic E-state index is 0.163. The van der Waals surface area contributed by atoms with Gasteiger partial charge < -0.3 is 15.5 Å². The average Bonchev–Trinajstić information content (AvgIpc) is 3.09. The molecule has 0 aliphatic heterocycles. The number of thiazole rings is 1. The van der Waals surface area contributed by atoms with E-state index in [0.29, 0.717) is 37.2 Å². The molecule has 1 heterocycles. The van der Waals surface area contributed by atoms with E-state index in [1.54, 1.807) is 10.3 Å². The molecule has 2 aromatic rings. The molecule has 0 aliphatic rings. The van der Waals surface area contributed by atoms with Crippen LogP contribution in [0.2, 0.25) is 0 Å². The highest BCUT2D eigenvalue weighted by molar-refractivity contribution is 7.09. The molecule has 0 aliphatic carbocycles. The number of hydrogen-bond donors (Lipinski definition) is 2. The van der Waals surface area contributed by atoms with E-state index < -0.39 is 0 Å². The lowest BCUT2D eigenvalue weighted by Crippen LogP contribution is -2.37. The summed E-state index contributed by atoms with van der Waals surface area (Å²) in [6.07, 6.45) is 0. The summed E-state index contributed by atoms with van der Waals surface area (Å²) in [4.78, 5) is 31.2. The third kappa shape index (κ3) is 6.64. The number of rotatable bonds is 8. The number of benzene rings is 1. The van der Waals surface area contributed by atoms with Crippen molar-refractivity contribution in [3.63, 3.8) is 0 Å². The van der Waals surface area contributed by atoms with Crippen LogP contribution in [0.15, 0.2) is 29.6 Å². The Labute approximate surface area is 171 Å². The molecule has 0 atom stereocenters. The smallest absolute Gasteiger partial charge is 0.322 e. The first-order valence-electron chi connectivity index (χ1n) is 9.60. The Kier molecular flexibility index (Phi) is 7.99. The summed E-state index contributed by atoms with van der Waals surface area (Å²) < 4.78 is 0. The molecule has 2 N–H and O–H groups in total. The van der Waals surface area contributed by atoms with Gasteiger partial charge in [0.15, 0.2) is 0 Å². The number of carbonyl (C=O) groups is 2. The molecule has 0 bridgehead atoms. The Morgan fingerprint density at radius 1 is 1.14 bits per heavy atom. The zero-order valence-corrected chi connectivity index (χ0v) is 18.1. The minimum atomic E-state index is -0.170. The molecule has 2 rings (SSSR count). The van der Waals surface area contributed by atoms with Gasteiger partial charge in [0.05, 0.1) is 6.54 Å². The summed E-state index contributed by atoms with van der Waals surface area (Å²) in [6.45, 7) is 11.8. The summed E-state index contributed by atoms with van der Waals surface area (Å²) in [5, 5.41) is 8.35.